The number of hydrazine groups is 1. The lowest BCUT2D eigenvalue weighted by Gasteiger charge is -2.08. The van der Waals surface area contributed by atoms with E-state index in [2.05, 4.69) is 23.1 Å². The van der Waals surface area contributed by atoms with E-state index in [1.165, 1.54) is 6.08 Å². The topological polar surface area (TPSA) is 70.2 Å². The second kappa shape index (κ2) is 11.6. The Morgan fingerprint density at radius 3 is 2.41 bits per heavy atom. The third-order valence-corrected chi connectivity index (χ3v) is 4.02. The largest absolute Gasteiger partial charge is 0.348 e. The zero-order chi connectivity index (χ0) is 19.3. The van der Waals surface area contributed by atoms with Crippen molar-refractivity contribution in [1.29, 1.82) is 0 Å². The number of nitrogens with one attached hydrogen (secondary N) is 3. The van der Waals surface area contributed by atoms with Crippen molar-refractivity contribution in [2.75, 3.05) is 6.54 Å². The van der Waals surface area contributed by atoms with E-state index in [-0.39, 0.29) is 11.8 Å². The molecule has 0 saturated carbocycles. The summed E-state index contributed by atoms with van der Waals surface area (Å²) in [5, 5.41) is 2.83. The second-order valence-corrected chi connectivity index (χ2v) is 6.25. The number of carbonyl (C=O) groups is 2. The van der Waals surface area contributed by atoms with Crippen molar-refractivity contribution in [1.82, 2.24) is 16.2 Å². The molecule has 2 amide bonds. The van der Waals surface area contributed by atoms with Gasteiger partial charge < -0.3 is 5.32 Å². The van der Waals surface area contributed by atoms with Crippen LogP contribution in [-0.2, 0) is 11.3 Å². The average Bonchev–Trinajstić information content (AvgIpc) is 2.71. The van der Waals surface area contributed by atoms with E-state index in [4.69, 9.17) is 0 Å². The van der Waals surface area contributed by atoms with Gasteiger partial charge in [0.25, 0.3) is 5.91 Å². The Bertz CT molecular complexity index is 740. The van der Waals surface area contributed by atoms with Gasteiger partial charge >= 0.3 is 0 Å². The summed E-state index contributed by atoms with van der Waals surface area (Å²) in [7, 11) is 0. The number of amides is 2. The summed E-state index contributed by atoms with van der Waals surface area (Å²) >= 11 is 0. The molecule has 0 spiro atoms. The Morgan fingerprint density at radius 1 is 0.963 bits per heavy atom. The highest BCUT2D eigenvalue weighted by Crippen LogP contribution is 2.05. The third-order valence-electron chi connectivity index (χ3n) is 4.02. The maximum atomic E-state index is 12.0. The van der Waals surface area contributed by atoms with Crippen molar-refractivity contribution in [3.8, 4) is 0 Å². The number of carbonyl (C=O) groups excluding carboxylic acids is 2. The van der Waals surface area contributed by atoms with E-state index >= 15 is 0 Å². The van der Waals surface area contributed by atoms with Crippen molar-refractivity contribution in [3.63, 3.8) is 0 Å². The lowest BCUT2D eigenvalue weighted by atomic mass is 10.1. The van der Waals surface area contributed by atoms with Gasteiger partial charge in [0.05, 0.1) is 0 Å². The van der Waals surface area contributed by atoms with E-state index in [9.17, 15) is 9.59 Å². The molecule has 0 aromatic heterocycles. The van der Waals surface area contributed by atoms with Gasteiger partial charge in [-0.25, -0.2) is 5.43 Å². The van der Waals surface area contributed by atoms with Crippen LogP contribution in [0.5, 0.6) is 0 Å². The molecule has 5 heteroatoms. The lowest BCUT2D eigenvalue weighted by Crippen LogP contribution is -2.37. The Kier molecular flexibility index (Phi) is 8.80. The molecule has 2 aromatic carbocycles. The van der Waals surface area contributed by atoms with Crippen molar-refractivity contribution in [3.05, 3.63) is 77.4 Å². The monoisotopic (exact) mass is 365 g/mol. The maximum Gasteiger partial charge on any atom is 0.265 e. The standard InChI is InChI=1S/C22H27N3O2/c1-2-3-7-16-24-25-22(27)20-13-10-19(11-14-20)17-23-21(26)15-12-18-8-5-4-6-9-18/h4-6,8-15,24H,2-3,7,16-17H2,1H3,(H,23,26)(H,25,27)/b15-12+. The van der Waals surface area contributed by atoms with Crippen LogP contribution in [0.1, 0.15) is 47.7 Å². The van der Waals surface area contributed by atoms with E-state index in [0.29, 0.717) is 12.1 Å². The minimum atomic E-state index is -0.159. The van der Waals surface area contributed by atoms with E-state index in [1.807, 2.05) is 42.5 Å². The highest BCUT2D eigenvalue weighted by molar-refractivity contribution is 5.94. The van der Waals surface area contributed by atoms with E-state index < -0.39 is 0 Å². The molecule has 3 N–H and O–H groups in total. The molecule has 0 fully saturated rings. The molecule has 27 heavy (non-hydrogen) atoms. The fourth-order valence-electron chi connectivity index (χ4n) is 2.44. The predicted octanol–water partition coefficient (Wildman–Crippen LogP) is 3.44. The fourth-order valence-corrected chi connectivity index (χ4v) is 2.44. The fraction of sp³-hybridized carbons (Fsp3) is 0.273. The molecule has 0 radical (unpaired) electrons. The molecule has 0 unspecified atom stereocenters. The van der Waals surface area contributed by atoms with E-state index in [0.717, 1.165) is 36.9 Å². The summed E-state index contributed by atoms with van der Waals surface area (Å²) in [4.78, 5) is 23.9. The van der Waals surface area contributed by atoms with Crippen molar-refractivity contribution in [2.45, 2.75) is 32.7 Å². The van der Waals surface area contributed by atoms with E-state index in [1.54, 1.807) is 18.2 Å². The maximum absolute atomic E-state index is 12.0. The third kappa shape index (κ3) is 7.88. The highest BCUT2D eigenvalue weighted by Gasteiger charge is 2.05. The van der Waals surface area contributed by atoms with Gasteiger partial charge in [-0.1, -0.05) is 62.2 Å². The molecule has 0 heterocycles. The smallest absolute Gasteiger partial charge is 0.265 e. The first-order chi connectivity index (χ1) is 13.2. The molecule has 0 aliphatic carbocycles. The van der Waals surface area contributed by atoms with Crippen LogP contribution in [0.4, 0.5) is 0 Å². The summed E-state index contributed by atoms with van der Waals surface area (Å²) in [6.07, 6.45) is 6.62. The van der Waals surface area contributed by atoms with Crippen LogP contribution in [0.15, 0.2) is 60.7 Å². The van der Waals surface area contributed by atoms with Gasteiger partial charge in [0.2, 0.25) is 5.91 Å². The highest BCUT2D eigenvalue weighted by atomic mass is 16.2. The normalized spacial score (nSPS) is 10.7. The first-order valence-electron chi connectivity index (χ1n) is 9.32. The van der Waals surface area contributed by atoms with Crippen molar-refractivity contribution >= 4 is 17.9 Å². The number of rotatable bonds is 10. The minimum Gasteiger partial charge on any atom is -0.348 e. The van der Waals surface area contributed by atoms with Crippen LogP contribution in [0, 0.1) is 0 Å². The number of hydrogen-bond acceptors (Lipinski definition) is 3. The molecule has 2 aromatic rings. The lowest BCUT2D eigenvalue weighted by molar-refractivity contribution is -0.116. The first-order valence-corrected chi connectivity index (χ1v) is 9.32. The molecular weight excluding hydrogens is 338 g/mol. The first kappa shape index (κ1) is 20.4. The van der Waals surface area contributed by atoms with Crippen LogP contribution < -0.4 is 16.2 Å². The molecule has 0 aliphatic heterocycles. The summed E-state index contributed by atoms with van der Waals surface area (Å²) in [6, 6.07) is 16.9. The van der Waals surface area contributed by atoms with Crippen molar-refractivity contribution in [2.24, 2.45) is 0 Å². The predicted molar refractivity (Wildman–Crippen MR) is 109 cm³/mol. The van der Waals surface area contributed by atoms with Crippen LogP contribution in [0.25, 0.3) is 6.08 Å². The number of hydrogen-bond donors (Lipinski definition) is 3. The zero-order valence-electron chi connectivity index (χ0n) is 15.7. The SMILES string of the molecule is CCCCCNNC(=O)c1ccc(CNC(=O)/C=C/c2ccccc2)cc1. The Morgan fingerprint density at radius 2 is 1.70 bits per heavy atom. The Balaban J connectivity index is 1.74. The number of benzene rings is 2. The van der Waals surface area contributed by atoms with Gasteiger partial charge in [0, 0.05) is 24.7 Å². The van der Waals surface area contributed by atoms with Gasteiger partial charge in [-0.3, -0.25) is 15.0 Å². The molecule has 2 rings (SSSR count). The molecular formula is C22H27N3O2. The van der Waals surface area contributed by atoms with Crippen LogP contribution in [0.2, 0.25) is 0 Å². The van der Waals surface area contributed by atoms with Crippen molar-refractivity contribution < 1.29 is 9.59 Å². The van der Waals surface area contributed by atoms with Crippen LogP contribution in [-0.4, -0.2) is 18.4 Å². The van der Waals surface area contributed by atoms with Gasteiger partial charge in [-0.05, 0) is 35.8 Å². The van der Waals surface area contributed by atoms with Gasteiger partial charge in [-0.2, -0.15) is 0 Å². The van der Waals surface area contributed by atoms with Gasteiger partial charge in [-0.15, -0.1) is 0 Å². The number of unbranched alkanes of at least 4 members (excludes halogenated alkanes) is 2. The molecule has 0 bridgehead atoms. The summed E-state index contributed by atoms with van der Waals surface area (Å²) < 4.78 is 0. The Labute approximate surface area is 160 Å². The zero-order valence-corrected chi connectivity index (χ0v) is 15.7. The van der Waals surface area contributed by atoms with Crippen LogP contribution >= 0.6 is 0 Å². The van der Waals surface area contributed by atoms with Gasteiger partial charge in [0.1, 0.15) is 0 Å². The quantitative estimate of drug-likeness (QED) is 0.343. The Hall–Kier alpha value is -2.92. The average molecular weight is 365 g/mol. The second-order valence-electron chi connectivity index (χ2n) is 6.25. The summed E-state index contributed by atoms with van der Waals surface area (Å²) in [6.45, 7) is 3.32. The molecule has 0 saturated heterocycles. The summed E-state index contributed by atoms with van der Waals surface area (Å²) in [5.41, 5.74) is 8.12. The minimum absolute atomic E-state index is 0.156. The molecule has 0 atom stereocenters. The summed E-state index contributed by atoms with van der Waals surface area (Å²) in [5.74, 6) is -0.315. The molecule has 142 valence electrons. The molecule has 0 aliphatic rings. The van der Waals surface area contributed by atoms with Gasteiger partial charge in [0.15, 0.2) is 0 Å². The molecule has 5 nitrogen and oxygen atoms in total. The van der Waals surface area contributed by atoms with Crippen LogP contribution in [0.3, 0.4) is 0 Å².